The summed E-state index contributed by atoms with van der Waals surface area (Å²) in [6, 6.07) is 1.92. The number of hydrogen-bond acceptors (Lipinski definition) is 6. The lowest BCUT2D eigenvalue weighted by atomic mass is 9.91. The lowest BCUT2D eigenvalue weighted by Gasteiger charge is -2.33. The number of thiazole rings is 1. The zero-order valence-electron chi connectivity index (χ0n) is 12.9. The van der Waals surface area contributed by atoms with Crippen LogP contribution in [0.1, 0.15) is 41.0 Å². The molecule has 1 amide bonds. The molecule has 7 heteroatoms. The first kappa shape index (κ1) is 14.7. The highest BCUT2D eigenvalue weighted by molar-refractivity contribution is 7.07. The van der Waals surface area contributed by atoms with Gasteiger partial charge in [0.05, 0.1) is 17.3 Å². The lowest BCUT2D eigenvalue weighted by Crippen LogP contribution is -2.45. The van der Waals surface area contributed by atoms with Gasteiger partial charge >= 0.3 is 0 Å². The molecule has 0 bridgehead atoms. The number of aryl methyl sites for hydroxylation is 1. The third-order valence-corrected chi connectivity index (χ3v) is 5.20. The maximum absolute atomic E-state index is 12.4. The Kier molecular flexibility index (Phi) is 3.82. The van der Waals surface area contributed by atoms with E-state index in [4.69, 9.17) is 4.74 Å². The van der Waals surface area contributed by atoms with Gasteiger partial charge in [0.1, 0.15) is 17.6 Å². The van der Waals surface area contributed by atoms with Crippen molar-refractivity contribution < 1.29 is 9.53 Å². The third kappa shape index (κ3) is 2.86. The summed E-state index contributed by atoms with van der Waals surface area (Å²) in [6.07, 6.45) is 3.83. The van der Waals surface area contributed by atoms with Crippen molar-refractivity contribution in [3.8, 4) is 0 Å². The monoisotopic (exact) mass is 330 g/mol. The summed E-state index contributed by atoms with van der Waals surface area (Å²) >= 11 is 1.45. The van der Waals surface area contributed by atoms with Gasteiger partial charge in [-0.1, -0.05) is 0 Å². The minimum absolute atomic E-state index is 0.00892. The van der Waals surface area contributed by atoms with E-state index >= 15 is 0 Å². The topological polar surface area (TPSA) is 68.2 Å². The van der Waals surface area contributed by atoms with Gasteiger partial charge in [-0.2, -0.15) is 0 Å². The molecule has 0 saturated carbocycles. The number of aromatic nitrogens is 3. The smallest absolute Gasteiger partial charge is 0.273 e. The summed E-state index contributed by atoms with van der Waals surface area (Å²) in [7, 11) is 0. The molecule has 0 unspecified atom stereocenters. The number of carbonyl (C=O) groups is 1. The quantitative estimate of drug-likeness (QED) is 0.845. The molecular formula is C16H18N4O2S. The number of likely N-dealkylation sites (tertiary alicyclic amines) is 1. The summed E-state index contributed by atoms with van der Waals surface area (Å²) in [5, 5.41) is 1.80. The van der Waals surface area contributed by atoms with Crippen LogP contribution in [0.5, 0.6) is 0 Å². The van der Waals surface area contributed by atoms with Gasteiger partial charge in [0, 0.05) is 24.7 Å². The highest BCUT2D eigenvalue weighted by atomic mass is 32.1. The fourth-order valence-electron chi connectivity index (χ4n) is 3.44. The van der Waals surface area contributed by atoms with Crippen LogP contribution in [0.2, 0.25) is 0 Å². The number of amides is 1. The van der Waals surface area contributed by atoms with Gasteiger partial charge in [0.25, 0.3) is 5.91 Å². The average Bonchev–Trinajstić information content (AvgIpc) is 3.23. The van der Waals surface area contributed by atoms with Crippen LogP contribution < -0.4 is 0 Å². The lowest BCUT2D eigenvalue weighted by molar-refractivity contribution is -0.00582. The molecule has 4 heterocycles. The Morgan fingerprint density at radius 1 is 1.43 bits per heavy atom. The second-order valence-electron chi connectivity index (χ2n) is 6.10. The van der Waals surface area contributed by atoms with Crippen LogP contribution in [0.4, 0.5) is 0 Å². The van der Waals surface area contributed by atoms with Crippen LogP contribution in [-0.4, -0.2) is 45.0 Å². The van der Waals surface area contributed by atoms with Gasteiger partial charge in [-0.25, -0.2) is 15.0 Å². The van der Waals surface area contributed by atoms with Crippen molar-refractivity contribution in [2.45, 2.75) is 32.0 Å². The van der Waals surface area contributed by atoms with Gasteiger partial charge in [-0.3, -0.25) is 4.79 Å². The van der Waals surface area contributed by atoms with Crippen LogP contribution in [0.3, 0.4) is 0 Å². The SMILES string of the molecule is Cc1nccc([C@@H]2C[C@H]3CCN(C(=O)c4cscn4)C[C@@H]3O2)n1. The first-order valence-corrected chi connectivity index (χ1v) is 8.77. The maximum Gasteiger partial charge on any atom is 0.273 e. The molecule has 120 valence electrons. The minimum Gasteiger partial charge on any atom is -0.367 e. The molecule has 3 atom stereocenters. The summed E-state index contributed by atoms with van der Waals surface area (Å²) in [5.74, 6) is 1.27. The summed E-state index contributed by atoms with van der Waals surface area (Å²) < 4.78 is 6.20. The molecule has 2 aromatic rings. The molecule has 0 aromatic carbocycles. The molecule has 2 aromatic heterocycles. The van der Waals surface area contributed by atoms with Crippen molar-refractivity contribution in [1.82, 2.24) is 19.9 Å². The average molecular weight is 330 g/mol. The van der Waals surface area contributed by atoms with Crippen LogP contribution in [-0.2, 0) is 4.74 Å². The van der Waals surface area contributed by atoms with Crippen LogP contribution >= 0.6 is 11.3 Å². The van der Waals surface area contributed by atoms with Gasteiger partial charge in [-0.15, -0.1) is 11.3 Å². The largest absolute Gasteiger partial charge is 0.367 e. The van der Waals surface area contributed by atoms with Gasteiger partial charge in [0.15, 0.2) is 0 Å². The third-order valence-electron chi connectivity index (χ3n) is 4.62. The standard InChI is InChI=1S/C16H18N4O2S/c1-10-17-4-2-12(19-10)14-6-11-3-5-20(7-15(11)22-14)16(21)13-8-23-9-18-13/h2,4,8-9,11,14-15H,3,5-7H2,1H3/t11-,14+,15+/m1/s1. The van der Waals surface area contributed by atoms with E-state index < -0.39 is 0 Å². The van der Waals surface area contributed by atoms with Crippen LogP contribution in [0.25, 0.3) is 0 Å². The zero-order chi connectivity index (χ0) is 15.8. The number of ether oxygens (including phenoxy) is 1. The Morgan fingerprint density at radius 3 is 3.13 bits per heavy atom. The Morgan fingerprint density at radius 2 is 2.35 bits per heavy atom. The van der Waals surface area contributed by atoms with E-state index in [1.165, 1.54) is 11.3 Å². The van der Waals surface area contributed by atoms with E-state index in [9.17, 15) is 4.79 Å². The first-order valence-electron chi connectivity index (χ1n) is 7.83. The minimum atomic E-state index is 0.00892. The van der Waals surface area contributed by atoms with Crippen molar-refractivity contribution in [2.75, 3.05) is 13.1 Å². The molecule has 2 aliphatic heterocycles. The summed E-state index contributed by atoms with van der Waals surface area (Å²) in [4.78, 5) is 27.0. The number of fused-ring (bicyclic) bond motifs is 1. The fourth-order valence-corrected chi connectivity index (χ4v) is 3.97. The molecule has 0 N–H and O–H groups in total. The van der Waals surface area contributed by atoms with Crippen molar-refractivity contribution in [1.29, 1.82) is 0 Å². The van der Waals surface area contributed by atoms with E-state index in [1.54, 1.807) is 17.1 Å². The van der Waals surface area contributed by atoms with Crippen LogP contribution in [0.15, 0.2) is 23.2 Å². The second-order valence-corrected chi connectivity index (χ2v) is 6.82. The molecule has 6 nitrogen and oxygen atoms in total. The number of carbonyl (C=O) groups excluding carboxylic acids is 1. The van der Waals surface area contributed by atoms with Gasteiger partial charge in [0.2, 0.25) is 0 Å². The molecule has 0 spiro atoms. The molecule has 2 fully saturated rings. The second kappa shape index (κ2) is 5.98. The summed E-state index contributed by atoms with van der Waals surface area (Å²) in [5.41, 5.74) is 3.18. The highest BCUT2D eigenvalue weighted by Gasteiger charge is 2.41. The number of piperidine rings is 1. The van der Waals surface area contributed by atoms with E-state index in [-0.39, 0.29) is 18.1 Å². The van der Waals surface area contributed by atoms with E-state index in [0.717, 1.165) is 30.9 Å². The number of nitrogens with zero attached hydrogens (tertiary/aromatic N) is 4. The summed E-state index contributed by atoms with van der Waals surface area (Å²) in [6.45, 7) is 3.30. The van der Waals surface area contributed by atoms with Crippen molar-refractivity contribution in [2.24, 2.45) is 5.92 Å². The Hall–Kier alpha value is -1.86. The number of hydrogen-bond donors (Lipinski definition) is 0. The Balaban J connectivity index is 1.45. The number of rotatable bonds is 2. The molecule has 23 heavy (non-hydrogen) atoms. The zero-order valence-corrected chi connectivity index (χ0v) is 13.7. The molecule has 2 aliphatic rings. The molecule has 4 rings (SSSR count). The predicted molar refractivity (Wildman–Crippen MR) is 85.1 cm³/mol. The molecular weight excluding hydrogens is 312 g/mol. The van der Waals surface area contributed by atoms with Gasteiger partial charge < -0.3 is 9.64 Å². The maximum atomic E-state index is 12.4. The molecule has 2 saturated heterocycles. The van der Waals surface area contributed by atoms with Gasteiger partial charge in [-0.05, 0) is 31.7 Å². The van der Waals surface area contributed by atoms with Crippen molar-refractivity contribution in [3.63, 3.8) is 0 Å². The highest BCUT2D eigenvalue weighted by Crippen LogP contribution is 2.40. The van der Waals surface area contributed by atoms with E-state index in [0.29, 0.717) is 18.2 Å². The van der Waals surface area contributed by atoms with Crippen molar-refractivity contribution >= 4 is 17.2 Å². The fraction of sp³-hybridized carbons (Fsp3) is 0.500. The van der Waals surface area contributed by atoms with E-state index in [1.807, 2.05) is 17.9 Å². The molecule has 0 radical (unpaired) electrons. The molecule has 0 aliphatic carbocycles. The Bertz CT molecular complexity index is 706. The Labute approximate surface area is 138 Å². The van der Waals surface area contributed by atoms with E-state index in [2.05, 4.69) is 15.0 Å². The normalized spacial score (nSPS) is 27.0. The van der Waals surface area contributed by atoms with Crippen molar-refractivity contribution in [3.05, 3.63) is 40.4 Å². The first-order chi connectivity index (χ1) is 11.2. The van der Waals surface area contributed by atoms with Crippen LogP contribution in [0, 0.1) is 12.8 Å². The predicted octanol–water partition coefficient (Wildman–Crippen LogP) is 2.23.